The van der Waals surface area contributed by atoms with Gasteiger partial charge in [-0.15, -0.1) is 0 Å². The monoisotopic (exact) mass is 242 g/mol. The topological polar surface area (TPSA) is 26.3 Å². The minimum absolute atomic E-state index is 0.0394. The first-order valence-corrected chi connectivity index (χ1v) is 4.12. The van der Waals surface area contributed by atoms with Gasteiger partial charge in [0, 0.05) is 13.5 Å². The molecule has 0 aromatic carbocycles. The number of rotatable bonds is 4. The first kappa shape index (κ1) is 9.36. The average Bonchev–Trinajstić information content (AvgIpc) is 1.87. The fraction of sp³-hybridized carbons (Fsp3) is 0.833. The molecule has 9 heavy (non-hydrogen) atoms. The second-order valence-corrected chi connectivity index (χ2v) is 3.25. The van der Waals surface area contributed by atoms with Gasteiger partial charge in [-0.1, -0.05) is 29.5 Å². The van der Waals surface area contributed by atoms with Crippen LogP contribution in [0.3, 0.4) is 0 Å². The van der Waals surface area contributed by atoms with Crippen molar-refractivity contribution in [3.05, 3.63) is 0 Å². The quantitative estimate of drug-likeness (QED) is 0.550. The van der Waals surface area contributed by atoms with Gasteiger partial charge in [0.15, 0.2) is 0 Å². The van der Waals surface area contributed by atoms with E-state index in [4.69, 9.17) is 4.74 Å². The summed E-state index contributed by atoms with van der Waals surface area (Å²) in [5.74, 6) is 0.262. The molecule has 1 unspecified atom stereocenters. The fourth-order valence-electron chi connectivity index (χ4n) is 0.461. The van der Waals surface area contributed by atoms with Crippen molar-refractivity contribution >= 4 is 28.4 Å². The molecule has 0 aromatic heterocycles. The third-order valence-electron chi connectivity index (χ3n) is 1.01. The Morgan fingerprint density at radius 2 is 2.33 bits per heavy atom. The number of ketones is 1. The summed E-state index contributed by atoms with van der Waals surface area (Å²) < 4.78 is 4.84. The normalized spacial score (nSPS) is 13.2. The number of Topliss-reactive ketones (excluding diaryl/α,β-unsaturated/α-hetero) is 1. The highest BCUT2D eigenvalue weighted by Crippen LogP contribution is 2.03. The van der Waals surface area contributed by atoms with Gasteiger partial charge in [-0.3, -0.25) is 4.79 Å². The van der Waals surface area contributed by atoms with Crippen LogP contribution in [0.1, 0.15) is 13.3 Å². The molecule has 0 N–H and O–H groups in total. The Labute approximate surface area is 69.1 Å². The van der Waals surface area contributed by atoms with Crippen LogP contribution in [-0.2, 0) is 9.53 Å². The van der Waals surface area contributed by atoms with Gasteiger partial charge >= 0.3 is 0 Å². The molecule has 3 heteroatoms. The Bertz CT molecular complexity index is 93.1. The molecule has 0 heterocycles. The summed E-state index contributed by atoms with van der Waals surface area (Å²) in [5, 5.41) is 0. The van der Waals surface area contributed by atoms with Crippen molar-refractivity contribution in [1.82, 2.24) is 0 Å². The minimum Gasteiger partial charge on any atom is -0.383 e. The van der Waals surface area contributed by atoms with Crippen LogP contribution in [0, 0.1) is 0 Å². The van der Waals surface area contributed by atoms with Crippen LogP contribution in [-0.4, -0.2) is 23.4 Å². The minimum atomic E-state index is 0.0394. The van der Waals surface area contributed by atoms with Crippen LogP contribution < -0.4 is 0 Å². The maximum absolute atomic E-state index is 10.8. The summed E-state index contributed by atoms with van der Waals surface area (Å²) in [6.45, 7) is 2.40. The number of hydrogen-bond acceptors (Lipinski definition) is 2. The van der Waals surface area contributed by atoms with E-state index in [9.17, 15) is 4.79 Å². The Morgan fingerprint density at radius 1 is 1.78 bits per heavy atom. The molecule has 0 bridgehead atoms. The highest BCUT2D eigenvalue weighted by Gasteiger charge is 2.10. The lowest BCUT2D eigenvalue weighted by Gasteiger charge is -2.03. The van der Waals surface area contributed by atoms with E-state index in [-0.39, 0.29) is 9.71 Å². The van der Waals surface area contributed by atoms with Crippen molar-refractivity contribution in [2.45, 2.75) is 17.3 Å². The van der Waals surface area contributed by atoms with Crippen LogP contribution in [0.5, 0.6) is 0 Å². The number of ether oxygens (including phenoxy) is 1. The molecule has 0 rings (SSSR count). The largest absolute Gasteiger partial charge is 0.383 e. The number of halogens is 1. The second kappa shape index (κ2) is 5.17. The van der Waals surface area contributed by atoms with Gasteiger partial charge in [0.2, 0.25) is 0 Å². The molecular weight excluding hydrogens is 231 g/mol. The molecule has 2 nitrogen and oxygen atoms in total. The SMILES string of the molecule is CCC(=O)C(I)COC. The molecule has 0 aliphatic heterocycles. The maximum Gasteiger partial charge on any atom is 0.147 e. The zero-order valence-electron chi connectivity index (χ0n) is 5.69. The van der Waals surface area contributed by atoms with E-state index >= 15 is 0 Å². The Hall–Kier alpha value is 0.360. The summed E-state index contributed by atoms with van der Waals surface area (Å²) in [5.41, 5.74) is 0. The van der Waals surface area contributed by atoms with E-state index in [0.29, 0.717) is 13.0 Å². The van der Waals surface area contributed by atoms with Crippen molar-refractivity contribution in [2.24, 2.45) is 0 Å². The summed E-state index contributed by atoms with van der Waals surface area (Å²) in [6.07, 6.45) is 0.608. The zero-order chi connectivity index (χ0) is 7.28. The Balaban J connectivity index is 3.45. The molecule has 0 saturated carbocycles. The molecule has 0 aliphatic carbocycles. The van der Waals surface area contributed by atoms with E-state index in [1.807, 2.05) is 6.92 Å². The molecule has 0 aliphatic rings. The van der Waals surface area contributed by atoms with Crippen molar-refractivity contribution in [3.63, 3.8) is 0 Å². The van der Waals surface area contributed by atoms with Crippen molar-refractivity contribution in [1.29, 1.82) is 0 Å². The van der Waals surface area contributed by atoms with Gasteiger partial charge < -0.3 is 4.74 Å². The van der Waals surface area contributed by atoms with Crippen LogP contribution in [0.25, 0.3) is 0 Å². The van der Waals surface area contributed by atoms with Gasteiger partial charge in [0.05, 0.1) is 10.5 Å². The molecule has 0 aromatic rings. The van der Waals surface area contributed by atoms with Crippen molar-refractivity contribution in [2.75, 3.05) is 13.7 Å². The lowest BCUT2D eigenvalue weighted by atomic mass is 10.2. The van der Waals surface area contributed by atoms with Crippen molar-refractivity contribution in [3.8, 4) is 0 Å². The molecule has 1 atom stereocenters. The summed E-state index contributed by atoms with van der Waals surface area (Å²) >= 11 is 2.09. The van der Waals surface area contributed by atoms with E-state index in [2.05, 4.69) is 22.6 Å². The molecule has 54 valence electrons. The lowest BCUT2D eigenvalue weighted by Crippen LogP contribution is -2.17. The predicted octanol–water partition coefficient (Wildman–Crippen LogP) is 1.42. The van der Waals surface area contributed by atoms with Crippen LogP contribution >= 0.6 is 22.6 Å². The average molecular weight is 242 g/mol. The van der Waals surface area contributed by atoms with Gasteiger partial charge in [-0.05, 0) is 0 Å². The number of alkyl halides is 1. The summed E-state index contributed by atoms with van der Waals surface area (Å²) in [7, 11) is 1.61. The third-order valence-corrected chi connectivity index (χ3v) is 2.07. The Kier molecular flexibility index (Phi) is 5.38. The zero-order valence-corrected chi connectivity index (χ0v) is 7.84. The van der Waals surface area contributed by atoms with Crippen LogP contribution in [0.15, 0.2) is 0 Å². The molecule has 0 radical (unpaired) electrons. The predicted molar refractivity (Wildman–Crippen MR) is 45.0 cm³/mol. The summed E-state index contributed by atoms with van der Waals surface area (Å²) in [4.78, 5) is 10.8. The smallest absolute Gasteiger partial charge is 0.147 e. The first-order valence-electron chi connectivity index (χ1n) is 2.88. The fourth-order valence-corrected chi connectivity index (χ4v) is 1.26. The van der Waals surface area contributed by atoms with E-state index in [1.165, 1.54) is 0 Å². The lowest BCUT2D eigenvalue weighted by molar-refractivity contribution is -0.118. The number of hydrogen-bond donors (Lipinski definition) is 0. The molecular formula is C6H11IO2. The highest BCUT2D eigenvalue weighted by molar-refractivity contribution is 14.1. The maximum atomic E-state index is 10.8. The second-order valence-electron chi connectivity index (χ2n) is 1.74. The van der Waals surface area contributed by atoms with Gasteiger partial charge in [-0.25, -0.2) is 0 Å². The number of methoxy groups -OCH3 is 1. The van der Waals surface area contributed by atoms with Crippen molar-refractivity contribution < 1.29 is 9.53 Å². The van der Waals surface area contributed by atoms with E-state index in [1.54, 1.807) is 7.11 Å². The van der Waals surface area contributed by atoms with Gasteiger partial charge in [-0.2, -0.15) is 0 Å². The third kappa shape index (κ3) is 3.86. The number of carbonyl (C=O) groups is 1. The van der Waals surface area contributed by atoms with E-state index < -0.39 is 0 Å². The number of carbonyl (C=O) groups excluding carboxylic acids is 1. The highest BCUT2D eigenvalue weighted by atomic mass is 127. The van der Waals surface area contributed by atoms with Crippen LogP contribution in [0.2, 0.25) is 0 Å². The van der Waals surface area contributed by atoms with Crippen LogP contribution in [0.4, 0.5) is 0 Å². The molecule has 0 fully saturated rings. The first-order chi connectivity index (χ1) is 4.22. The van der Waals surface area contributed by atoms with E-state index in [0.717, 1.165) is 0 Å². The summed E-state index contributed by atoms with van der Waals surface area (Å²) in [6, 6.07) is 0. The molecule has 0 amide bonds. The Morgan fingerprint density at radius 3 is 2.67 bits per heavy atom. The van der Waals surface area contributed by atoms with Gasteiger partial charge in [0.25, 0.3) is 0 Å². The molecule has 0 saturated heterocycles. The standard InChI is InChI=1S/C6H11IO2/c1-3-6(8)5(7)4-9-2/h5H,3-4H2,1-2H3. The van der Waals surface area contributed by atoms with Gasteiger partial charge in [0.1, 0.15) is 5.78 Å². The molecule has 0 spiro atoms.